The summed E-state index contributed by atoms with van der Waals surface area (Å²) in [4.78, 5) is 0. The van der Waals surface area contributed by atoms with Crippen LogP contribution >= 0.6 is 0 Å². The van der Waals surface area contributed by atoms with Gasteiger partial charge in [-0.2, -0.15) is 5.26 Å². The Bertz CT molecular complexity index is 802. The van der Waals surface area contributed by atoms with Crippen molar-refractivity contribution in [1.29, 1.82) is 5.26 Å². The van der Waals surface area contributed by atoms with Crippen LogP contribution in [-0.2, 0) is 0 Å². The number of benzene rings is 2. The third kappa shape index (κ3) is 4.11. The van der Waals surface area contributed by atoms with Crippen LogP contribution in [0.4, 0.5) is 11.4 Å². The smallest absolute Gasteiger partial charge is 0.150 e. The summed E-state index contributed by atoms with van der Waals surface area (Å²) in [6, 6.07) is 13.4. The van der Waals surface area contributed by atoms with Crippen LogP contribution in [0.15, 0.2) is 36.4 Å². The summed E-state index contributed by atoms with van der Waals surface area (Å²) in [7, 11) is 0. The minimum atomic E-state index is 0.465. The van der Waals surface area contributed by atoms with E-state index in [4.69, 9.17) is 16.2 Å². The zero-order chi connectivity index (χ0) is 18.5. The quantitative estimate of drug-likeness (QED) is 0.689. The maximum absolute atomic E-state index is 9.56. The van der Waals surface area contributed by atoms with E-state index in [2.05, 4.69) is 19.1 Å². The van der Waals surface area contributed by atoms with Gasteiger partial charge in [-0.1, -0.05) is 25.8 Å². The molecule has 3 rings (SSSR count). The van der Waals surface area contributed by atoms with Crippen molar-refractivity contribution in [2.45, 2.75) is 51.4 Å². The van der Waals surface area contributed by atoms with Crippen molar-refractivity contribution in [1.82, 2.24) is 0 Å². The van der Waals surface area contributed by atoms with Crippen molar-refractivity contribution in [2.24, 2.45) is 5.92 Å². The monoisotopic (exact) mass is 349 g/mol. The van der Waals surface area contributed by atoms with Gasteiger partial charge < -0.3 is 16.2 Å². The molecule has 0 bridgehead atoms. The Balaban J connectivity index is 1.75. The van der Waals surface area contributed by atoms with E-state index < -0.39 is 0 Å². The van der Waals surface area contributed by atoms with Gasteiger partial charge >= 0.3 is 0 Å². The van der Waals surface area contributed by atoms with Crippen molar-refractivity contribution in [3.05, 3.63) is 47.5 Å². The molecule has 1 fully saturated rings. The van der Waals surface area contributed by atoms with E-state index in [9.17, 15) is 5.26 Å². The van der Waals surface area contributed by atoms with Crippen molar-refractivity contribution in [3.8, 4) is 17.6 Å². The van der Waals surface area contributed by atoms with Crippen molar-refractivity contribution < 1.29 is 4.74 Å². The Labute approximate surface area is 155 Å². The molecule has 4 nitrogen and oxygen atoms in total. The van der Waals surface area contributed by atoms with Crippen LogP contribution in [0, 0.1) is 17.2 Å². The van der Waals surface area contributed by atoms with Crippen LogP contribution in [0.25, 0.3) is 0 Å². The summed E-state index contributed by atoms with van der Waals surface area (Å²) in [5, 5.41) is 9.56. The van der Waals surface area contributed by atoms with E-state index in [1.807, 2.05) is 12.1 Å². The molecule has 0 atom stereocenters. The van der Waals surface area contributed by atoms with Gasteiger partial charge in [0.2, 0.25) is 0 Å². The standard InChI is InChI=1S/C22H27N3O/c1-2-3-15-4-6-16(7-5-15)17-8-10-21(18(12-17)14-23)26-22-11-9-19(24)13-20(22)25/h8-13,15-16H,2-7,24-25H2,1H3. The molecule has 0 aliphatic heterocycles. The molecule has 4 N–H and O–H groups in total. The lowest BCUT2D eigenvalue weighted by molar-refractivity contribution is 0.308. The lowest BCUT2D eigenvalue weighted by Crippen LogP contribution is -2.13. The van der Waals surface area contributed by atoms with Crippen molar-refractivity contribution >= 4 is 11.4 Å². The fraction of sp³-hybridized carbons (Fsp3) is 0.409. The number of hydrogen-bond acceptors (Lipinski definition) is 4. The highest BCUT2D eigenvalue weighted by Crippen LogP contribution is 2.39. The zero-order valence-corrected chi connectivity index (χ0v) is 15.4. The fourth-order valence-electron chi connectivity index (χ4n) is 3.95. The first kappa shape index (κ1) is 18.1. The van der Waals surface area contributed by atoms with Crippen LogP contribution in [0.3, 0.4) is 0 Å². The number of nitrogens with zero attached hydrogens (tertiary/aromatic N) is 1. The van der Waals surface area contributed by atoms with Gasteiger partial charge in [0.25, 0.3) is 0 Å². The number of nitriles is 1. The van der Waals surface area contributed by atoms with Crippen LogP contribution in [-0.4, -0.2) is 0 Å². The molecule has 1 saturated carbocycles. The van der Waals surface area contributed by atoms with Gasteiger partial charge in [-0.3, -0.25) is 0 Å². The highest BCUT2D eigenvalue weighted by Gasteiger charge is 2.22. The molecule has 0 heterocycles. The molecule has 0 saturated heterocycles. The van der Waals surface area contributed by atoms with Gasteiger partial charge in [0.05, 0.1) is 11.3 Å². The number of anilines is 2. The van der Waals surface area contributed by atoms with Crippen molar-refractivity contribution in [2.75, 3.05) is 11.5 Å². The lowest BCUT2D eigenvalue weighted by atomic mass is 9.77. The van der Waals surface area contributed by atoms with Gasteiger partial charge in [-0.15, -0.1) is 0 Å². The first-order valence-corrected chi connectivity index (χ1v) is 9.47. The van der Waals surface area contributed by atoms with Gasteiger partial charge in [-0.25, -0.2) is 0 Å². The topological polar surface area (TPSA) is 85.1 Å². The Morgan fingerprint density at radius 3 is 2.42 bits per heavy atom. The fourth-order valence-corrected chi connectivity index (χ4v) is 3.95. The Kier molecular flexibility index (Phi) is 5.68. The van der Waals surface area contributed by atoms with Gasteiger partial charge in [0, 0.05) is 5.69 Å². The molecule has 2 aromatic rings. The number of hydrogen-bond donors (Lipinski definition) is 2. The normalized spacial score (nSPS) is 19.7. The van der Waals surface area contributed by atoms with E-state index in [0.717, 1.165) is 5.92 Å². The molecular weight excluding hydrogens is 322 g/mol. The summed E-state index contributed by atoms with van der Waals surface area (Å²) in [6.07, 6.45) is 7.61. The van der Waals surface area contributed by atoms with Crippen LogP contribution in [0.2, 0.25) is 0 Å². The number of ether oxygens (including phenoxy) is 1. The molecule has 2 aromatic carbocycles. The summed E-state index contributed by atoms with van der Waals surface area (Å²) in [5.41, 5.74) is 14.5. The van der Waals surface area contributed by atoms with Gasteiger partial charge in [0.15, 0.2) is 5.75 Å². The summed E-state index contributed by atoms with van der Waals surface area (Å²) in [5.74, 6) is 2.48. The summed E-state index contributed by atoms with van der Waals surface area (Å²) >= 11 is 0. The van der Waals surface area contributed by atoms with Crippen LogP contribution in [0.5, 0.6) is 11.5 Å². The molecule has 0 radical (unpaired) electrons. The van der Waals surface area contributed by atoms with Crippen LogP contribution in [0.1, 0.15) is 62.5 Å². The minimum absolute atomic E-state index is 0.465. The number of rotatable bonds is 5. The number of nitrogens with two attached hydrogens (primary N) is 2. The second kappa shape index (κ2) is 8.14. The molecule has 0 spiro atoms. The van der Waals surface area contributed by atoms with E-state index in [-0.39, 0.29) is 0 Å². The SMILES string of the molecule is CCCC1CCC(c2ccc(Oc3ccc(N)cc3N)c(C#N)c2)CC1. The predicted molar refractivity (Wildman–Crippen MR) is 106 cm³/mol. The van der Waals surface area contributed by atoms with E-state index >= 15 is 0 Å². The average Bonchev–Trinajstić information content (AvgIpc) is 2.65. The molecular formula is C22H27N3O. The lowest BCUT2D eigenvalue weighted by Gasteiger charge is -2.28. The second-order valence-electron chi connectivity index (χ2n) is 7.27. The second-order valence-corrected chi connectivity index (χ2v) is 7.27. The maximum Gasteiger partial charge on any atom is 0.150 e. The summed E-state index contributed by atoms with van der Waals surface area (Å²) in [6.45, 7) is 2.26. The first-order valence-electron chi connectivity index (χ1n) is 9.47. The third-order valence-corrected chi connectivity index (χ3v) is 5.39. The molecule has 1 aliphatic rings. The molecule has 0 amide bonds. The zero-order valence-electron chi connectivity index (χ0n) is 15.4. The molecule has 26 heavy (non-hydrogen) atoms. The average molecular weight is 349 g/mol. The molecule has 4 heteroatoms. The highest BCUT2D eigenvalue weighted by molar-refractivity contribution is 5.62. The van der Waals surface area contributed by atoms with E-state index in [1.165, 1.54) is 44.1 Å². The molecule has 0 aromatic heterocycles. The van der Waals surface area contributed by atoms with Gasteiger partial charge in [0.1, 0.15) is 11.8 Å². The highest BCUT2D eigenvalue weighted by atomic mass is 16.5. The Morgan fingerprint density at radius 1 is 1.04 bits per heavy atom. The van der Waals surface area contributed by atoms with E-state index in [0.29, 0.717) is 34.4 Å². The predicted octanol–water partition coefficient (Wildman–Crippen LogP) is 5.59. The Hall–Kier alpha value is -2.67. The largest absolute Gasteiger partial charge is 0.454 e. The number of nitrogen functional groups attached to an aromatic ring is 2. The van der Waals surface area contributed by atoms with E-state index in [1.54, 1.807) is 18.2 Å². The molecule has 136 valence electrons. The van der Waals surface area contributed by atoms with Crippen molar-refractivity contribution in [3.63, 3.8) is 0 Å². The Morgan fingerprint density at radius 2 is 1.77 bits per heavy atom. The summed E-state index contributed by atoms with van der Waals surface area (Å²) < 4.78 is 5.87. The molecule has 1 aliphatic carbocycles. The molecule has 0 unspecified atom stereocenters. The maximum atomic E-state index is 9.56. The van der Waals surface area contributed by atoms with Crippen LogP contribution < -0.4 is 16.2 Å². The first-order chi connectivity index (χ1) is 12.6. The third-order valence-electron chi connectivity index (χ3n) is 5.39. The minimum Gasteiger partial charge on any atom is -0.454 e. The van der Waals surface area contributed by atoms with Gasteiger partial charge in [-0.05, 0) is 73.4 Å².